The van der Waals surface area contributed by atoms with Crippen molar-refractivity contribution in [3.63, 3.8) is 0 Å². The third-order valence-electron chi connectivity index (χ3n) is 3.28. The molecule has 112 valence electrons. The second kappa shape index (κ2) is 6.02. The Labute approximate surface area is 146 Å². The largest absolute Gasteiger partial charge is 0.457 e. The maximum absolute atomic E-state index is 12.0. The van der Waals surface area contributed by atoms with Crippen LogP contribution >= 0.6 is 39.9 Å². The second-order valence-corrected chi connectivity index (χ2v) is 7.46. The Morgan fingerprint density at radius 1 is 1.32 bits per heavy atom. The van der Waals surface area contributed by atoms with Crippen LogP contribution in [-0.2, 0) is 4.79 Å². The van der Waals surface area contributed by atoms with Gasteiger partial charge in [-0.15, -0.1) is 0 Å². The smallest absolute Gasteiger partial charge is 0.266 e. The van der Waals surface area contributed by atoms with Crippen molar-refractivity contribution >= 4 is 56.2 Å². The molecule has 0 spiro atoms. The van der Waals surface area contributed by atoms with Gasteiger partial charge >= 0.3 is 0 Å². The molecule has 1 aromatic carbocycles. The summed E-state index contributed by atoms with van der Waals surface area (Å²) in [6.07, 6.45) is 1.73. The van der Waals surface area contributed by atoms with E-state index in [1.807, 2.05) is 37.3 Å². The second-order valence-electron chi connectivity index (χ2n) is 4.93. The molecule has 6 heteroatoms. The number of benzene rings is 1. The van der Waals surface area contributed by atoms with E-state index >= 15 is 0 Å². The number of thioether (sulfide) groups is 1. The standard InChI is InChI=1S/C16H12BrNO2S2/c1-9-3-5-11(12(17)7-9)13-6-4-10(20-13)8-14-15(19)18(2)16(21)22-14/h3-8H,1-2H3/b14-8+. The minimum Gasteiger partial charge on any atom is -0.457 e. The van der Waals surface area contributed by atoms with Gasteiger partial charge in [-0.25, -0.2) is 0 Å². The summed E-state index contributed by atoms with van der Waals surface area (Å²) in [7, 11) is 1.68. The lowest BCUT2D eigenvalue weighted by atomic mass is 10.1. The van der Waals surface area contributed by atoms with Gasteiger partial charge < -0.3 is 4.42 Å². The number of rotatable bonds is 2. The van der Waals surface area contributed by atoms with Crippen molar-refractivity contribution in [2.24, 2.45) is 0 Å². The molecule has 2 aromatic rings. The highest BCUT2D eigenvalue weighted by Gasteiger charge is 2.29. The summed E-state index contributed by atoms with van der Waals surface area (Å²) in [5.41, 5.74) is 2.15. The molecule has 1 aliphatic heterocycles. The first-order valence-corrected chi connectivity index (χ1v) is 8.55. The molecule has 0 N–H and O–H groups in total. The fourth-order valence-electron chi connectivity index (χ4n) is 2.07. The summed E-state index contributed by atoms with van der Waals surface area (Å²) >= 11 is 9.95. The van der Waals surface area contributed by atoms with Crippen LogP contribution in [0.2, 0.25) is 0 Å². The van der Waals surface area contributed by atoms with E-state index in [-0.39, 0.29) is 5.91 Å². The van der Waals surface area contributed by atoms with Crippen LogP contribution < -0.4 is 0 Å². The van der Waals surface area contributed by atoms with Crippen LogP contribution in [-0.4, -0.2) is 22.2 Å². The molecular weight excluding hydrogens is 382 g/mol. The van der Waals surface area contributed by atoms with Gasteiger partial charge in [0.05, 0.1) is 4.91 Å². The zero-order chi connectivity index (χ0) is 15.9. The van der Waals surface area contributed by atoms with E-state index < -0.39 is 0 Å². The summed E-state index contributed by atoms with van der Waals surface area (Å²) in [4.78, 5) is 14.0. The summed E-state index contributed by atoms with van der Waals surface area (Å²) in [6, 6.07) is 9.83. The van der Waals surface area contributed by atoms with E-state index in [4.69, 9.17) is 16.6 Å². The summed E-state index contributed by atoms with van der Waals surface area (Å²) in [6.45, 7) is 2.04. The van der Waals surface area contributed by atoms with Gasteiger partial charge in [0.25, 0.3) is 5.91 Å². The summed E-state index contributed by atoms with van der Waals surface area (Å²) < 4.78 is 7.38. The summed E-state index contributed by atoms with van der Waals surface area (Å²) in [5.74, 6) is 1.30. The lowest BCUT2D eigenvalue weighted by Gasteiger charge is -2.03. The predicted octanol–water partition coefficient (Wildman–Crippen LogP) is 4.85. The first kappa shape index (κ1) is 15.5. The van der Waals surface area contributed by atoms with Crippen molar-refractivity contribution in [3.05, 3.63) is 51.0 Å². The Balaban J connectivity index is 1.92. The fourth-order valence-corrected chi connectivity index (χ4v) is 3.92. The van der Waals surface area contributed by atoms with Crippen molar-refractivity contribution in [3.8, 4) is 11.3 Å². The molecule has 2 heterocycles. The highest BCUT2D eigenvalue weighted by atomic mass is 79.9. The van der Waals surface area contributed by atoms with Gasteiger partial charge in [0, 0.05) is 23.2 Å². The number of aryl methyl sites for hydroxylation is 1. The van der Waals surface area contributed by atoms with Gasteiger partial charge in [-0.05, 0) is 36.8 Å². The molecule has 1 aromatic heterocycles. The summed E-state index contributed by atoms with van der Waals surface area (Å²) in [5, 5.41) is 0. The third kappa shape index (κ3) is 2.91. The van der Waals surface area contributed by atoms with Crippen molar-refractivity contribution in [1.29, 1.82) is 0 Å². The predicted molar refractivity (Wildman–Crippen MR) is 97.5 cm³/mol. The number of amides is 1. The lowest BCUT2D eigenvalue weighted by Crippen LogP contribution is -2.22. The maximum Gasteiger partial charge on any atom is 0.266 e. The van der Waals surface area contributed by atoms with E-state index in [1.54, 1.807) is 13.1 Å². The van der Waals surface area contributed by atoms with Gasteiger partial charge in [0.15, 0.2) is 0 Å². The number of hydrogen-bond acceptors (Lipinski definition) is 4. The Morgan fingerprint density at radius 3 is 2.73 bits per heavy atom. The molecular formula is C16H12BrNO2S2. The zero-order valence-electron chi connectivity index (χ0n) is 11.9. The van der Waals surface area contributed by atoms with Crippen molar-refractivity contribution in [2.75, 3.05) is 7.05 Å². The van der Waals surface area contributed by atoms with Crippen molar-refractivity contribution in [1.82, 2.24) is 4.90 Å². The molecule has 22 heavy (non-hydrogen) atoms. The SMILES string of the molecule is Cc1ccc(-c2ccc(/C=C3/SC(=S)N(C)C3=O)o2)c(Br)c1. The number of carbonyl (C=O) groups is 1. The maximum atomic E-state index is 12.0. The number of thiocarbonyl (C=S) groups is 1. The van der Waals surface area contributed by atoms with Crippen molar-refractivity contribution in [2.45, 2.75) is 6.92 Å². The molecule has 3 nitrogen and oxygen atoms in total. The molecule has 0 aliphatic carbocycles. The van der Waals surface area contributed by atoms with Gasteiger partial charge in [0.2, 0.25) is 0 Å². The normalized spacial score (nSPS) is 16.9. The minimum absolute atomic E-state index is 0.0931. The quantitative estimate of drug-likeness (QED) is 0.539. The van der Waals surface area contributed by atoms with Gasteiger partial charge in [-0.3, -0.25) is 9.69 Å². The van der Waals surface area contributed by atoms with Crippen LogP contribution in [0.1, 0.15) is 11.3 Å². The third-order valence-corrected chi connectivity index (χ3v) is 5.42. The molecule has 1 saturated heterocycles. The fraction of sp³-hybridized carbons (Fsp3) is 0.125. The first-order chi connectivity index (χ1) is 10.5. The molecule has 0 unspecified atom stereocenters. The van der Waals surface area contributed by atoms with E-state index in [1.165, 1.54) is 22.2 Å². The van der Waals surface area contributed by atoms with Crippen LogP contribution in [0, 0.1) is 6.92 Å². The molecule has 1 amide bonds. The number of furan rings is 1. The average molecular weight is 394 g/mol. The van der Waals surface area contributed by atoms with Gasteiger partial charge in [-0.2, -0.15) is 0 Å². The highest BCUT2D eigenvalue weighted by Crippen LogP contribution is 2.34. The molecule has 1 aliphatic rings. The number of hydrogen-bond donors (Lipinski definition) is 0. The number of likely N-dealkylation sites (N-methyl/N-ethyl adjacent to an activating group) is 1. The molecule has 3 rings (SSSR count). The Hall–Kier alpha value is -1.37. The van der Waals surface area contributed by atoms with Crippen LogP contribution in [0.4, 0.5) is 0 Å². The number of halogens is 1. The Morgan fingerprint density at radius 2 is 2.09 bits per heavy atom. The van der Waals surface area contributed by atoms with E-state index in [9.17, 15) is 4.79 Å². The van der Waals surface area contributed by atoms with Crippen LogP contribution in [0.5, 0.6) is 0 Å². The monoisotopic (exact) mass is 393 g/mol. The van der Waals surface area contributed by atoms with Crippen LogP contribution in [0.3, 0.4) is 0 Å². The molecule has 0 atom stereocenters. The van der Waals surface area contributed by atoms with Crippen molar-refractivity contribution < 1.29 is 9.21 Å². The Kier molecular flexibility index (Phi) is 4.25. The number of nitrogens with zero attached hydrogens (tertiary/aromatic N) is 1. The number of carbonyl (C=O) groups excluding carboxylic acids is 1. The topological polar surface area (TPSA) is 33.5 Å². The van der Waals surface area contributed by atoms with E-state index in [0.717, 1.165) is 15.8 Å². The molecule has 0 bridgehead atoms. The minimum atomic E-state index is -0.0931. The van der Waals surface area contributed by atoms with E-state index in [2.05, 4.69) is 15.9 Å². The molecule has 1 fully saturated rings. The van der Waals surface area contributed by atoms with E-state index in [0.29, 0.717) is 15.0 Å². The molecule has 0 saturated carbocycles. The lowest BCUT2D eigenvalue weighted by molar-refractivity contribution is -0.121. The van der Waals surface area contributed by atoms with Gasteiger partial charge in [-0.1, -0.05) is 46.0 Å². The van der Waals surface area contributed by atoms with Crippen LogP contribution in [0.25, 0.3) is 17.4 Å². The Bertz CT molecular complexity index is 810. The van der Waals surface area contributed by atoms with Crippen LogP contribution in [0.15, 0.2) is 44.1 Å². The highest BCUT2D eigenvalue weighted by molar-refractivity contribution is 9.10. The first-order valence-electron chi connectivity index (χ1n) is 6.53. The van der Waals surface area contributed by atoms with Gasteiger partial charge in [0.1, 0.15) is 15.8 Å². The average Bonchev–Trinajstić information content (AvgIpc) is 3.01. The molecule has 0 radical (unpaired) electrons. The zero-order valence-corrected chi connectivity index (χ0v) is 15.1.